The number of H-pyrrole nitrogens is 1. The first-order valence-corrected chi connectivity index (χ1v) is 5.99. The molecule has 3 heteroatoms. The average Bonchev–Trinajstić information content (AvgIpc) is 2.73. The smallest absolute Gasteiger partial charge is 0.0881 e. The van der Waals surface area contributed by atoms with Crippen LogP contribution in [0.3, 0.4) is 0 Å². The maximum atomic E-state index is 4.37. The monoisotopic (exact) mass is 215 g/mol. The van der Waals surface area contributed by atoms with E-state index in [-0.39, 0.29) is 0 Å². The Labute approximate surface area is 95.3 Å². The minimum absolute atomic E-state index is 0.600. The number of aromatic nitrogens is 2. The molecule has 84 valence electrons. The maximum Gasteiger partial charge on any atom is 0.0881 e. The molecule has 0 bridgehead atoms. The number of fused-ring (bicyclic) bond motifs is 1. The van der Waals surface area contributed by atoms with E-state index in [1.165, 1.54) is 12.1 Å². The van der Waals surface area contributed by atoms with Crippen LogP contribution < -0.4 is 5.32 Å². The second-order valence-electron chi connectivity index (χ2n) is 4.74. The fourth-order valence-electron chi connectivity index (χ4n) is 2.58. The highest BCUT2D eigenvalue weighted by Gasteiger charge is 2.24. The molecule has 0 aromatic carbocycles. The molecule has 0 saturated carbocycles. The summed E-state index contributed by atoms with van der Waals surface area (Å²) in [5.41, 5.74) is 3.55. The second-order valence-corrected chi connectivity index (χ2v) is 4.74. The molecule has 2 unspecified atom stereocenters. The number of nitrogens with zero attached hydrogens (tertiary/aromatic N) is 1. The number of pyridine rings is 1. The number of nitrogens with one attached hydrogen (secondary N) is 2. The van der Waals surface area contributed by atoms with Gasteiger partial charge in [-0.2, -0.15) is 0 Å². The van der Waals surface area contributed by atoms with Crippen LogP contribution in [0.15, 0.2) is 24.4 Å². The summed E-state index contributed by atoms with van der Waals surface area (Å²) in [5, 5.41) is 3.47. The first kappa shape index (κ1) is 9.85. The predicted molar refractivity (Wildman–Crippen MR) is 65.5 cm³/mol. The normalized spacial score (nSPS) is 26.1. The van der Waals surface area contributed by atoms with Gasteiger partial charge in [-0.3, -0.25) is 4.98 Å². The first-order chi connectivity index (χ1) is 7.84. The van der Waals surface area contributed by atoms with E-state index in [2.05, 4.69) is 34.3 Å². The van der Waals surface area contributed by atoms with E-state index in [1.807, 2.05) is 12.3 Å². The van der Waals surface area contributed by atoms with Gasteiger partial charge in [-0.15, -0.1) is 0 Å². The third kappa shape index (κ3) is 1.61. The molecule has 3 heterocycles. The minimum Gasteiger partial charge on any atom is -0.357 e. The van der Waals surface area contributed by atoms with Gasteiger partial charge in [0.05, 0.1) is 11.0 Å². The van der Waals surface area contributed by atoms with E-state index in [0.29, 0.717) is 5.92 Å². The summed E-state index contributed by atoms with van der Waals surface area (Å²) in [6.07, 6.45) is 3.11. The molecule has 16 heavy (non-hydrogen) atoms. The molecule has 0 aliphatic carbocycles. The van der Waals surface area contributed by atoms with Gasteiger partial charge < -0.3 is 10.3 Å². The van der Waals surface area contributed by atoms with Crippen LogP contribution in [0.4, 0.5) is 0 Å². The highest BCUT2D eigenvalue weighted by Crippen LogP contribution is 2.29. The predicted octanol–water partition coefficient (Wildman–Crippen LogP) is 2.28. The average molecular weight is 215 g/mol. The van der Waals surface area contributed by atoms with Gasteiger partial charge in [0.25, 0.3) is 0 Å². The van der Waals surface area contributed by atoms with Crippen molar-refractivity contribution in [3.05, 3.63) is 30.1 Å². The Hall–Kier alpha value is -1.35. The molecule has 2 aromatic rings. The molecule has 0 spiro atoms. The van der Waals surface area contributed by atoms with Crippen LogP contribution in [0.5, 0.6) is 0 Å². The van der Waals surface area contributed by atoms with Gasteiger partial charge in [0.15, 0.2) is 0 Å². The molecule has 2 N–H and O–H groups in total. The van der Waals surface area contributed by atoms with Gasteiger partial charge in [0.1, 0.15) is 0 Å². The van der Waals surface area contributed by atoms with Crippen molar-refractivity contribution in [2.45, 2.75) is 19.3 Å². The number of aromatic amines is 1. The van der Waals surface area contributed by atoms with E-state index in [0.717, 1.165) is 30.0 Å². The zero-order chi connectivity index (χ0) is 11.0. The number of hydrogen-bond acceptors (Lipinski definition) is 2. The van der Waals surface area contributed by atoms with Gasteiger partial charge in [0.2, 0.25) is 0 Å². The van der Waals surface area contributed by atoms with Gasteiger partial charge >= 0.3 is 0 Å². The van der Waals surface area contributed by atoms with Crippen molar-refractivity contribution in [1.29, 1.82) is 0 Å². The van der Waals surface area contributed by atoms with Crippen molar-refractivity contribution >= 4 is 11.0 Å². The van der Waals surface area contributed by atoms with Crippen molar-refractivity contribution in [1.82, 2.24) is 15.3 Å². The minimum atomic E-state index is 0.600. The summed E-state index contributed by atoms with van der Waals surface area (Å²) in [6.45, 7) is 4.56. The molecule has 3 nitrogen and oxygen atoms in total. The van der Waals surface area contributed by atoms with Crippen molar-refractivity contribution in [3.63, 3.8) is 0 Å². The molecule has 2 atom stereocenters. The summed E-state index contributed by atoms with van der Waals surface area (Å²) < 4.78 is 0. The number of hydrogen-bond donors (Lipinski definition) is 2. The van der Waals surface area contributed by atoms with E-state index in [1.54, 1.807) is 0 Å². The van der Waals surface area contributed by atoms with Gasteiger partial charge in [-0.25, -0.2) is 0 Å². The summed E-state index contributed by atoms with van der Waals surface area (Å²) in [6, 6.07) is 6.27. The fourth-order valence-corrected chi connectivity index (χ4v) is 2.58. The lowest BCUT2D eigenvalue weighted by Gasteiger charge is -2.28. The van der Waals surface area contributed by atoms with Crippen molar-refractivity contribution < 1.29 is 0 Å². The molecule has 0 radical (unpaired) electrons. The van der Waals surface area contributed by atoms with Gasteiger partial charge in [0, 0.05) is 24.4 Å². The Morgan fingerprint density at radius 2 is 2.38 bits per heavy atom. The molecule has 1 aliphatic heterocycles. The van der Waals surface area contributed by atoms with Crippen molar-refractivity contribution in [2.75, 3.05) is 13.1 Å². The van der Waals surface area contributed by atoms with Crippen molar-refractivity contribution in [2.24, 2.45) is 5.92 Å². The van der Waals surface area contributed by atoms with E-state index < -0.39 is 0 Å². The molecule has 1 saturated heterocycles. The fraction of sp³-hybridized carbons (Fsp3) is 0.462. The van der Waals surface area contributed by atoms with Crippen LogP contribution in [0, 0.1) is 5.92 Å². The third-order valence-corrected chi connectivity index (χ3v) is 3.64. The Morgan fingerprint density at radius 1 is 1.44 bits per heavy atom. The molecule has 0 amide bonds. The van der Waals surface area contributed by atoms with Gasteiger partial charge in [-0.1, -0.05) is 6.92 Å². The molecule has 1 aliphatic rings. The Kier molecular flexibility index (Phi) is 2.40. The molecular formula is C13H17N3. The van der Waals surface area contributed by atoms with E-state index in [9.17, 15) is 0 Å². The summed E-state index contributed by atoms with van der Waals surface area (Å²) in [4.78, 5) is 7.86. The quantitative estimate of drug-likeness (QED) is 0.766. The molecule has 3 rings (SSSR count). The van der Waals surface area contributed by atoms with Crippen LogP contribution in [-0.4, -0.2) is 23.1 Å². The Balaban J connectivity index is 1.98. The van der Waals surface area contributed by atoms with E-state index >= 15 is 0 Å². The SMILES string of the molecule is CC1CCNCC1c1cc2ncccc2[nH]1. The lowest BCUT2D eigenvalue weighted by molar-refractivity contribution is 0.344. The zero-order valence-electron chi connectivity index (χ0n) is 9.53. The highest BCUT2D eigenvalue weighted by atomic mass is 14.9. The van der Waals surface area contributed by atoms with Crippen LogP contribution in [0.2, 0.25) is 0 Å². The lowest BCUT2D eigenvalue weighted by atomic mass is 9.86. The number of piperidine rings is 1. The van der Waals surface area contributed by atoms with Crippen LogP contribution >= 0.6 is 0 Å². The molecular weight excluding hydrogens is 198 g/mol. The Bertz CT molecular complexity index is 456. The molecule has 1 fully saturated rings. The number of rotatable bonds is 1. The maximum absolute atomic E-state index is 4.37. The zero-order valence-corrected chi connectivity index (χ0v) is 9.53. The summed E-state index contributed by atoms with van der Waals surface area (Å²) in [5.74, 6) is 1.34. The molecule has 2 aromatic heterocycles. The highest BCUT2D eigenvalue weighted by molar-refractivity contribution is 5.75. The first-order valence-electron chi connectivity index (χ1n) is 5.99. The van der Waals surface area contributed by atoms with E-state index in [4.69, 9.17) is 0 Å². The Morgan fingerprint density at radius 3 is 3.19 bits per heavy atom. The largest absolute Gasteiger partial charge is 0.357 e. The standard InChI is InChI=1S/C13H17N3/c1-9-4-6-14-8-10(9)12-7-13-11(16-12)3-2-5-15-13/h2-3,5,7,9-10,14,16H,4,6,8H2,1H3. The van der Waals surface area contributed by atoms with Gasteiger partial charge in [-0.05, 0) is 37.1 Å². The third-order valence-electron chi connectivity index (χ3n) is 3.64. The van der Waals surface area contributed by atoms with Crippen LogP contribution in [0.25, 0.3) is 11.0 Å². The topological polar surface area (TPSA) is 40.7 Å². The van der Waals surface area contributed by atoms with Crippen LogP contribution in [0.1, 0.15) is 25.0 Å². The second kappa shape index (κ2) is 3.91. The van der Waals surface area contributed by atoms with Crippen LogP contribution in [-0.2, 0) is 0 Å². The summed E-state index contributed by atoms with van der Waals surface area (Å²) >= 11 is 0. The lowest BCUT2D eigenvalue weighted by Crippen LogP contribution is -2.33. The summed E-state index contributed by atoms with van der Waals surface area (Å²) in [7, 11) is 0. The van der Waals surface area contributed by atoms with Crippen molar-refractivity contribution in [3.8, 4) is 0 Å².